The van der Waals surface area contributed by atoms with Gasteiger partial charge in [-0.15, -0.1) is 0 Å². The average Bonchev–Trinajstić information content (AvgIpc) is 2.90. The number of imidazole rings is 1. The number of aliphatic hydroxyl groups is 1. The van der Waals surface area contributed by atoms with Crippen LogP contribution in [0.2, 0.25) is 0 Å². The first-order valence-electron chi connectivity index (χ1n) is 7.09. The summed E-state index contributed by atoms with van der Waals surface area (Å²) in [4.78, 5) is 7.88. The first kappa shape index (κ1) is 11.2. The van der Waals surface area contributed by atoms with Crippen LogP contribution in [0.4, 0.5) is 0 Å². The smallest absolute Gasteiger partial charge is 0.115 e. The van der Waals surface area contributed by atoms with Gasteiger partial charge in [-0.3, -0.25) is 0 Å². The molecule has 98 valence electrons. The summed E-state index contributed by atoms with van der Waals surface area (Å²) in [6.45, 7) is 0.199. The Labute approximate surface area is 112 Å². The Bertz CT molecular complexity index is 625. The van der Waals surface area contributed by atoms with Gasteiger partial charge in [0, 0.05) is 0 Å². The fraction of sp³-hybridized carbons (Fsp3) is 0.438. The lowest BCUT2D eigenvalue weighted by molar-refractivity contribution is 0.250. The highest BCUT2D eigenvalue weighted by atomic mass is 16.3. The molecule has 1 aromatic carbocycles. The van der Waals surface area contributed by atoms with Crippen LogP contribution in [0.3, 0.4) is 0 Å². The summed E-state index contributed by atoms with van der Waals surface area (Å²) in [7, 11) is 0. The Morgan fingerprint density at radius 2 is 2.05 bits per heavy atom. The van der Waals surface area contributed by atoms with Crippen molar-refractivity contribution >= 4 is 0 Å². The number of aliphatic hydroxyl groups excluding tert-OH is 1. The molecule has 2 aliphatic rings. The summed E-state index contributed by atoms with van der Waals surface area (Å²) in [6.07, 6.45) is 7.69. The molecule has 0 spiro atoms. The van der Waals surface area contributed by atoms with E-state index in [0.717, 1.165) is 24.4 Å². The predicted molar refractivity (Wildman–Crippen MR) is 74.0 cm³/mol. The van der Waals surface area contributed by atoms with Crippen molar-refractivity contribution in [2.24, 2.45) is 0 Å². The maximum atomic E-state index is 9.46. The van der Waals surface area contributed by atoms with Crippen LogP contribution in [0, 0.1) is 0 Å². The maximum absolute atomic E-state index is 9.46. The van der Waals surface area contributed by atoms with Crippen LogP contribution < -0.4 is 0 Å². The van der Waals surface area contributed by atoms with E-state index >= 15 is 0 Å². The molecule has 0 unspecified atom stereocenters. The van der Waals surface area contributed by atoms with Gasteiger partial charge in [0.1, 0.15) is 5.82 Å². The number of fused-ring (bicyclic) bond motifs is 1. The van der Waals surface area contributed by atoms with Crippen molar-refractivity contribution < 1.29 is 5.11 Å². The van der Waals surface area contributed by atoms with Crippen LogP contribution in [-0.2, 0) is 18.3 Å². The molecular weight excluding hydrogens is 236 g/mol. The summed E-state index contributed by atoms with van der Waals surface area (Å²) in [6, 6.07) is 6.72. The molecule has 1 heterocycles. The minimum absolute atomic E-state index is 0.0744. The number of rotatable bonds is 3. The number of aryl methyl sites for hydroxylation is 2. The third-order valence-corrected chi connectivity index (χ3v) is 4.64. The van der Waals surface area contributed by atoms with E-state index in [1.807, 2.05) is 6.20 Å². The van der Waals surface area contributed by atoms with Crippen molar-refractivity contribution in [2.45, 2.75) is 37.5 Å². The maximum Gasteiger partial charge on any atom is 0.115 e. The van der Waals surface area contributed by atoms with Crippen LogP contribution >= 0.6 is 0 Å². The molecule has 2 N–H and O–H groups in total. The van der Waals surface area contributed by atoms with E-state index < -0.39 is 0 Å². The molecule has 2 aromatic rings. The summed E-state index contributed by atoms with van der Waals surface area (Å²) in [5.74, 6) is 0.950. The number of H-pyrrole nitrogens is 1. The fourth-order valence-corrected chi connectivity index (χ4v) is 3.10. The largest absolute Gasteiger partial charge is 0.395 e. The van der Waals surface area contributed by atoms with Crippen LogP contribution in [0.25, 0.3) is 11.3 Å². The molecule has 2 aliphatic carbocycles. The van der Waals surface area contributed by atoms with Gasteiger partial charge < -0.3 is 10.1 Å². The Balaban J connectivity index is 1.69. The van der Waals surface area contributed by atoms with Gasteiger partial charge in [0.05, 0.1) is 23.9 Å². The molecule has 1 aromatic heterocycles. The lowest BCUT2D eigenvalue weighted by Crippen LogP contribution is -2.13. The molecule has 0 saturated heterocycles. The highest BCUT2D eigenvalue weighted by Gasteiger charge is 2.46. The van der Waals surface area contributed by atoms with Gasteiger partial charge in [0.25, 0.3) is 0 Å². The molecule has 19 heavy (non-hydrogen) atoms. The van der Waals surface area contributed by atoms with Crippen molar-refractivity contribution in [1.29, 1.82) is 0 Å². The molecule has 3 heteroatoms. The van der Waals surface area contributed by atoms with Crippen molar-refractivity contribution in [2.75, 3.05) is 6.61 Å². The number of benzene rings is 1. The normalized spacial score (nSPS) is 19.4. The van der Waals surface area contributed by atoms with Crippen molar-refractivity contribution in [3.63, 3.8) is 0 Å². The van der Waals surface area contributed by atoms with E-state index in [1.165, 1.54) is 36.0 Å². The van der Waals surface area contributed by atoms with Crippen LogP contribution in [0.5, 0.6) is 0 Å². The standard InChI is InChI=1S/C16H18N2O/c19-10-16(6-7-16)15-17-9-14(18-15)13-5-4-11-2-1-3-12(11)8-13/h4-5,8-9,19H,1-3,6-7,10H2,(H,17,18). The van der Waals surface area contributed by atoms with Gasteiger partial charge in [-0.05, 0) is 54.9 Å². The van der Waals surface area contributed by atoms with E-state index in [-0.39, 0.29) is 12.0 Å². The first-order valence-corrected chi connectivity index (χ1v) is 7.09. The summed E-state index contributed by atoms with van der Waals surface area (Å²) < 4.78 is 0. The molecule has 0 amide bonds. The summed E-state index contributed by atoms with van der Waals surface area (Å²) in [5.41, 5.74) is 5.20. The third kappa shape index (κ3) is 1.72. The van der Waals surface area contributed by atoms with Gasteiger partial charge in [-0.1, -0.05) is 12.1 Å². The van der Waals surface area contributed by atoms with Crippen molar-refractivity contribution in [3.8, 4) is 11.3 Å². The lowest BCUT2D eigenvalue weighted by atomic mass is 10.0. The third-order valence-electron chi connectivity index (χ3n) is 4.64. The fourth-order valence-electron chi connectivity index (χ4n) is 3.10. The van der Waals surface area contributed by atoms with Crippen LogP contribution in [0.15, 0.2) is 24.4 Å². The van der Waals surface area contributed by atoms with Gasteiger partial charge in [-0.25, -0.2) is 4.98 Å². The zero-order chi connectivity index (χ0) is 12.9. The number of hydrogen-bond acceptors (Lipinski definition) is 2. The molecule has 3 nitrogen and oxygen atoms in total. The van der Waals surface area contributed by atoms with Gasteiger partial charge in [0.2, 0.25) is 0 Å². The van der Waals surface area contributed by atoms with Crippen LogP contribution in [0.1, 0.15) is 36.2 Å². The monoisotopic (exact) mass is 254 g/mol. The Morgan fingerprint density at radius 1 is 1.21 bits per heavy atom. The Kier molecular flexibility index (Phi) is 2.33. The van der Waals surface area contributed by atoms with Crippen molar-refractivity contribution in [3.05, 3.63) is 41.3 Å². The topological polar surface area (TPSA) is 48.9 Å². The minimum atomic E-state index is -0.0744. The van der Waals surface area contributed by atoms with Gasteiger partial charge in [0.15, 0.2) is 0 Å². The molecular formula is C16H18N2O. The number of aromatic amines is 1. The van der Waals surface area contributed by atoms with Crippen molar-refractivity contribution in [1.82, 2.24) is 9.97 Å². The summed E-state index contributed by atoms with van der Waals surface area (Å²) >= 11 is 0. The quantitative estimate of drug-likeness (QED) is 0.884. The molecule has 0 bridgehead atoms. The number of nitrogens with one attached hydrogen (secondary N) is 1. The minimum Gasteiger partial charge on any atom is -0.395 e. The van der Waals surface area contributed by atoms with E-state index in [1.54, 1.807) is 0 Å². The van der Waals surface area contributed by atoms with E-state index in [2.05, 4.69) is 28.2 Å². The molecule has 1 fully saturated rings. The van der Waals surface area contributed by atoms with Gasteiger partial charge >= 0.3 is 0 Å². The average molecular weight is 254 g/mol. The second kappa shape index (κ2) is 3.94. The van der Waals surface area contributed by atoms with E-state index in [9.17, 15) is 5.11 Å². The van der Waals surface area contributed by atoms with E-state index in [4.69, 9.17) is 0 Å². The van der Waals surface area contributed by atoms with E-state index in [0.29, 0.717) is 0 Å². The Morgan fingerprint density at radius 3 is 2.84 bits per heavy atom. The van der Waals surface area contributed by atoms with Gasteiger partial charge in [-0.2, -0.15) is 0 Å². The molecule has 0 radical (unpaired) electrons. The zero-order valence-electron chi connectivity index (χ0n) is 10.9. The highest BCUT2D eigenvalue weighted by Crippen LogP contribution is 2.46. The lowest BCUT2D eigenvalue weighted by Gasteiger charge is -2.07. The molecule has 1 saturated carbocycles. The SMILES string of the molecule is OCC1(c2ncc(-c3ccc4c(c3)CCC4)[nH]2)CC1. The molecule has 4 rings (SSSR count). The molecule has 0 atom stereocenters. The number of nitrogens with zero attached hydrogens (tertiary/aromatic N) is 1. The predicted octanol–water partition coefficient (Wildman–Crippen LogP) is 2.59. The van der Waals surface area contributed by atoms with Crippen LogP contribution in [-0.4, -0.2) is 21.7 Å². The zero-order valence-corrected chi connectivity index (χ0v) is 10.9. The number of hydrogen-bond donors (Lipinski definition) is 2. The summed E-state index contributed by atoms with van der Waals surface area (Å²) in [5, 5.41) is 9.46. The second-order valence-corrected chi connectivity index (χ2v) is 5.92. The molecule has 0 aliphatic heterocycles. The number of aromatic nitrogens is 2. The second-order valence-electron chi connectivity index (χ2n) is 5.92. The Hall–Kier alpha value is -1.61. The first-order chi connectivity index (χ1) is 9.31. The highest BCUT2D eigenvalue weighted by molar-refractivity contribution is 5.61.